The van der Waals surface area contributed by atoms with Gasteiger partial charge >= 0.3 is 6.03 Å². The Labute approximate surface area is 215 Å². The average molecular weight is 497 g/mol. The number of hydrogen-bond acceptors (Lipinski definition) is 6. The molecule has 0 atom stereocenters. The Morgan fingerprint density at radius 1 is 0.838 bits per heavy atom. The second kappa shape index (κ2) is 11.0. The van der Waals surface area contributed by atoms with Gasteiger partial charge in [-0.1, -0.05) is 53.2 Å². The summed E-state index contributed by atoms with van der Waals surface area (Å²) in [4.78, 5) is 33.7. The van der Waals surface area contributed by atoms with Gasteiger partial charge in [0, 0.05) is 48.7 Å². The van der Waals surface area contributed by atoms with Crippen molar-refractivity contribution in [1.82, 2.24) is 19.9 Å². The summed E-state index contributed by atoms with van der Waals surface area (Å²) in [5.41, 5.74) is 4.01. The smallest absolute Gasteiger partial charge is 0.323 e. The fourth-order valence-corrected chi connectivity index (χ4v) is 4.13. The maximum atomic E-state index is 13.0. The van der Waals surface area contributed by atoms with Crippen molar-refractivity contribution in [2.24, 2.45) is 0 Å². The standard InChI is InChI=1S/C28H28N6O3/c1-20-7-9-21(10-8-20)26-31-25(37-32-26)19-33-15-17-34(18-16-33)27(35)22-11-13-24(14-12-22)30-28(36)29-23-5-3-2-4-6-23/h2-14H,15-19H2,1H3,(H2,29,30,36). The predicted octanol–water partition coefficient (Wildman–Crippen LogP) is 4.65. The first kappa shape index (κ1) is 24.2. The quantitative estimate of drug-likeness (QED) is 0.403. The second-order valence-electron chi connectivity index (χ2n) is 8.97. The maximum Gasteiger partial charge on any atom is 0.323 e. The van der Waals surface area contributed by atoms with Crippen LogP contribution >= 0.6 is 0 Å². The predicted molar refractivity (Wildman–Crippen MR) is 141 cm³/mol. The zero-order chi connectivity index (χ0) is 25.6. The third-order valence-corrected chi connectivity index (χ3v) is 6.22. The first-order valence-corrected chi connectivity index (χ1v) is 12.2. The number of carbonyl (C=O) groups excluding carboxylic acids is 2. The lowest BCUT2D eigenvalue weighted by Gasteiger charge is -2.34. The van der Waals surface area contributed by atoms with Crippen molar-refractivity contribution in [2.75, 3.05) is 36.8 Å². The number of piperazine rings is 1. The summed E-state index contributed by atoms with van der Waals surface area (Å²) >= 11 is 0. The van der Waals surface area contributed by atoms with E-state index in [0.717, 1.165) is 5.56 Å². The first-order valence-electron chi connectivity index (χ1n) is 12.2. The summed E-state index contributed by atoms with van der Waals surface area (Å²) in [5.74, 6) is 1.12. The van der Waals surface area contributed by atoms with Crippen LogP contribution in [-0.2, 0) is 6.54 Å². The van der Waals surface area contributed by atoms with Crippen LogP contribution in [0.1, 0.15) is 21.8 Å². The molecular weight excluding hydrogens is 468 g/mol. The fourth-order valence-electron chi connectivity index (χ4n) is 4.13. The zero-order valence-corrected chi connectivity index (χ0v) is 20.6. The molecule has 0 saturated carbocycles. The van der Waals surface area contributed by atoms with Gasteiger partial charge in [-0.2, -0.15) is 4.98 Å². The zero-order valence-electron chi connectivity index (χ0n) is 20.6. The van der Waals surface area contributed by atoms with E-state index < -0.39 is 0 Å². The van der Waals surface area contributed by atoms with E-state index in [0.29, 0.717) is 61.4 Å². The summed E-state index contributed by atoms with van der Waals surface area (Å²) in [6.45, 7) is 5.23. The fraction of sp³-hybridized carbons (Fsp3) is 0.214. The molecule has 1 fully saturated rings. The SMILES string of the molecule is Cc1ccc(-c2noc(CN3CCN(C(=O)c4ccc(NC(=O)Nc5ccccc5)cc4)CC3)n2)cc1. The Morgan fingerprint density at radius 3 is 2.16 bits per heavy atom. The number of nitrogens with zero attached hydrogens (tertiary/aromatic N) is 4. The Kier molecular flexibility index (Phi) is 7.23. The van der Waals surface area contributed by atoms with Gasteiger partial charge in [-0.15, -0.1) is 0 Å². The van der Waals surface area contributed by atoms with Crippen LogP contribution in [0.2, 0.25) is 0 Å². The number of amides is 3. The van der Waals surface area contributed by atoms with Gasteiger partial charge in [0.05, 0.1) is 6.54 Å². The number of anilines is 2. The molecule has 2 heterocycles. The number of nitrogens with one attached hydrogen (secondary N) is 2. The molecule has 0 radical (unpaired) electrons. The van der Waals surface area contributed by atoms with E-state index >= 15 is 0 Å². The van der Waals surface area contributed by atoms with Crippen LogP contribution in [0.3, 0.4) is 0 Å². The topological polar surface area (TPSA) is 104 Å². The van der Waals surface area contributed by atoms with Crippen LogP contribution in [0.5, 0.6) is 0 Å². The Balaban J connectivity index is 1.10. The minimum atomic E-state index is -0.339. The molecule has 3 amide bonds. The third-order valence-electron chi connectivity index (χ3n) is 6.22. The van der Waals surface area contributed by atoms with Crippen molar-refractivity contribution in [2.45, 2.75) is 13.5 Å². The summed E-state index contributed by atoms with van der Waals surface area (Å²) in [6, 6.07) is 23.8. The number of hydrogen-bond donors (Lipinski definition) is 2. The molecule has 4 aromatic rings. The summed E-state index contributed by atoms with van der Waals surface area (Å²) in [6.07, 6.45) is 0. The monoisotopic (exact) mass is 496 g/mol. The third kappa shape index (κ3) is 6.20. The lowest BCUT2D eigenvalue weighted by Crippen LogP contribution is -2.48. The molecule has 0 bridgehead atoms. The Bertz CT molecular complexity index is 1340. The van der Waals surface area contributed by atoms with Crippen molar-refractivity contribution in [1.29, 1.82) is 0 Å². The number of para-hydroxylation sites is 1. The van der Waals surface area contributed by atoms with Crippen molar-refractivity contribution in [3.8, 4) is 11.4 Å². The Morgan fingerprint density at radius 2 is 1.49 bits per heavy atom. The van der Waals surface area contributed by atoms with Crippen LogP contribution in [0, 0.1) is 6.92 Å². The molecule has 1 saturated heterocycles. The van der Waals surface area contributed by atoms with Gasteiger partial charge < -0.3 is 20.1 Å². The van der Waals surface area contributed by atoms with Crippen LogP contribution in [0.15, 0.2) is 83.4 Å². The molecule has 0 unspecified atom stereocenters. The summed E-state index contributed by atoms with van der Waals surface area (Å²) < 4.78 is 5.45. The number of aromatic nitrogens is 2. The molecule has 1 aliphatic heterocycles. The number of carbonyl (C=O) groups is 2. The van der Waals surface area contributed by atoms with Gasteiger partial charge in [-0.3, -0.25) is 9.69 Å². The van der Waals surface area contributed by atoms with E-state index in [-0.39, 0.29) is 11.9 Å². The molecule has 2 N–H and O–H groups in total. The number of aryl methyl sites for hydroxylation is 1. The number of urea groups is 1. The van der Waals surface area contributed by atoms with E-state index in [1.165, 1.54) is 5.56 Å². The lowest BCUT2D eigenvalue weighted by atomic mass is 10.1. The van der Waals surface area contributed by atoms with Gasteiger partial charge in [0.15, 0.2) is 0 Å². The van der Waals surface area contributed by atoms with Gasteiger partial charge in [0.2, 0.25) is 11.7 Å². The first-order chi connectivity index (χ1) is 18.0. The highest BCUT2D eigenvalue weighted by Crippen LogP contribution is 2.18. The summed E-state index contributed by atoms with van der Waals surface area (Å²) in [7, 11) is 0. The van der Waals surface area contributed by atoms with Crippen LogP contribution < -0.4 is 10.6 Å². The molecule has 1 aromatic heterocycles. The highest BCUT2D eigenvalue weighted by molar-refractivity contribution is 6.00. The molecule has 9 nitrogen and oxygen atoms in total. The van der Waals surface area contributed by atoms with Gasteiger partial charge in [-0.05, 0) is 43.3 Å². The molecule has 5 rings (SSSR count). The molecule has 37 heavy (non-hydrogen) atoms. The molecule has 0 aliphatic carbocycles. The van der Waals surface area contributed by atoms with E-state index in [1.54, 1.807) is 24.3 Å². The maximum absolute atomic E-state index is 13.0. The lowest BCUT2D eigenvalue weighted by molar-refractivity contribution is 0.0615. The highest BCUT2D eigenvalue weighted by atomic mass is 16.5. The van der Waals surface area contributed by atoms with Crippen LogP contribution in [0.25, 0.3) is 11.4 Å². The highest BCUT2D eigenvalue weighted by Gasteiger charge is 2.23. The summed E-state index contributed by atoms with van der Waals surface area (Å²) in [5, 5.41) is 9.65. The molecule has 0 spiro atoms. The molecular formula is C28H28N6O3. The van der Waals surface area contributed by atoms with Gasteiger partial charge in [-0.25, -0.2) is 4.79 Å². The van der Waals surface area contributed by atoms with Crippen LogP contribution in [0.4, 0.5) is 16.2 Å². The van der Waals surface area contributed by atoms with Crippen molar-refractivity contribution in [3.05, 3.63) is 95.9 Å². The van der Waals surface area contributed by atoms with Gasteiger partial charge in [0.25, 0.3) is 5.91 Å². The van der Waals surface area contributed by atoms with Crippen molar-refractivity contribution < 1.29 is 14.1 Å². The van der Waals surface area contributed by atoms with Crippen molar-refractivity contribution >= 4 is 23.3 Å². The van der Waals surface area contributed by atoms with E-state index in [1.807, 2.05) is 66.4 Å². The number of rotatable bonds is 6. The molecule has 3 aromatic carbocycles. The molecule has 1 aliphatic rings. The molecule has 9 heteroatoms. The normalized spacial score (nSPS) is 13.8. The van der Waals surface area contributed by atoms with Crippen LogP contribution in [-0.4, -0.2) is 58.1 Å². The van der Waals surface area contributed by atoms with E-state index in [2.05, 4.69) is 25.7 Å². The number of benzene rings is 3. The Hall–Kier alpha value is -4.50. The minimum absolute atomic E-state index is 0.0283. The molecule has 188 valence electrons. The van der Waals surface area contributed by atoms with E-state index in [4.69, 9.17) is 4.52 Å². The van der Waals surface area contributed by atoms with E-state index in [9.17, 15) is 9.59 Å². The second-order valence-corrected chi connectivity index (χ2v) is 8.97. The largest absolute Gasteiger partial charge is 0.338 e. The minimum Gasteiger partial charge on any atom is -0.338 e. The van der Waals surface area contributed by atoms with Gasteiger partial charge in [0.1, 0.15) is 0 Å². The average Bonchev–Trinajstić information content (AvgIpc) is 3.38. The van der Waals surface area contributed by atoms with Crippen molar-refractivity contribution in [3.63, 3.8) is 0 Å².